The molecule has 0 saturated carbocycles. The third-order valence-corrected chi connectivity index (χ3v) is 5.16. The normalized spacial score (nSPS) is 21.9. The molecule has 1 saturated heterocycles. The molecule has 0 aliphatic carbocycles. The molecule has 4 nitrogen and oxygen atoms in total. The molecule has 1 aromatic carbocycles. The summed E-state index contributed by atoms with van der Waals surface area (Å²) in [5, 5.41) is 9.09. The van der Waals surface area contributed by atoms with Gasteiger partial charge in [-0.1, -0.05) is 19.9 Å². The molecular weight excluding hydrogens is 293 g/mol. The second kappa shape index (κ2) is 6.05. The standard InChI is InChI=1S/C15H18FNO3S/c1-8(2)14-17(12(7-21-14)15(19)20)13(18)10-5-4-9(3)11(16)6-10/h4-6,8,12,14H,7H2,1-3H3,(H,19,20). The number of aryl methyl sites for hydroxylation is 1. The molecule has 1 amide bonds. The number of thioether (sulfide) groups is 1. The van der Waals surface area contributed by atoms with Gasteiger partial charge in [0.05, 0.1) is 5.37 Å². The van der Waals surface area contributed by atoms with Crippen molar-refractivity contribution in [1.82, 2.24) is 4.90 Å². The van der Waals surface area contributed by atoms with Crippen molar-refractivity contribution in [3.63, 3.8) is 0 Å². The van der Waals surface area contributed by atoms with Crippen molar-refractivity contribution in [1.29, 1.82) is 0 Å². The van der Waals surface area contributed by atoms with Gasteiger partial charge in [0.2, 0.25) is 0 Å². The fourth-order valence-electron chi connectivity index (χ4n) is 2.36. The molecule has 0 radical (unpaired) electrons. The fraction of sp³-hybridized carbons (Fsp3) is 0.467. The predicted molar refractivity (Wildman–Crippen MR) is 79.8 cm³/mol. The van der Waals surface area contributed by atoms with E-state index in [1.165, 1.54) is 28.8 Å². The maximum absolute atomic E-state index is 13.6. The number of halogens is 1. The number of carbonyl (C=O) groups excluding carboxylic acids is 1. The highest BCUT2D eigenvalue weighted by atomic mass is 32.2. The van der Waals surface area contributed by atoms with Crippen LogP contribution in [-0.4, -0.2) is 39.1 Å². The molecule has 21 heavy (non-hydrogen) atoms. The number of carboxylic acids is 1. The summed E-state index contributed by atoms with van der Waals surface area (Å²) in [5.74, 6) is -1.42. The zero-order valence-corrected chi connectivity index (χ0v) is 13.0. The lowest BCUT2D eigenvalue weighted by atomic mass is 10.1. The quantitative estimate of drug-likeness (QED) is 0.932. The van der Waals surface area contributed by atoms with Gasteiger partial charge in [-0.15, -0.1) is 11.8 Å². The van der Waals surface area contributed by atoms with Crippen LogP contribution in [0.15, 0.2) is 18.2 Å². The number of nitrogens with zero attached hydrogens (tertiary/aromatic N) is 1. The number of benzene rings is 1. The van der Waals surface area contributed by atoms with E-state index in [1.54, 1.807) is 13.0 Å². The van der Waals surface area contributed by atoms with Crippen molar-refractivity contribution in [3.05, 3.63) is 35.1 Å². The monoisotopic (exact) mass is 311 g/mol. The summed E-state index contributed by atoms with van der Waals surface area (Å²) in [6, 6.07) is 3.39. The summed E-state index contributed by atoms with van der Waals surface area (Å²) in [7, 11) is 0. The average Bonchev–Trinajstić information content (AvgIpc) is 2.86. The van der Waals surface area contributed by atoms with E-state index >= 15 is 0 Å². The number of rotatable bonds is 3. The van der Waals surface area contributed by atoms with E-state index in [-0.39, 0.29) is 16.9 Å². The molecule has 2 rings (SSSR count). The predicted octanol–water partition coefficient (Wildman–Crippen LogP) is 2.76. The van der Waals surface area contributed by atoms with E-state index in [0.717, 1.165) is 0 Å². The van der Waals surface area contributed by atoms with Crippen molar-refractivity contribution in [2.45, 2.75) is 32.2 Å². The molecule has 1 heterocycles. The van der Waals surface area contributed by atoms with Crippen LogP contribution in [0.3, 0.4) is 0 Å². The van der Waals surface area contributed by atoms with Gasteiger partial charge in [0.25, 0.3) is 5.91 Å². The second-order valence-electron chi connectivity index (χ2n) is 5.50. The first-order chi connectivity index (χ1) is 9.82. The minimum atomic E-state index is -1.02. The number of carbonyl (C=O) groups is 2. The molecule has 1 fully saturated rings. The third kappa shape index (κ3) is 3.05. The number of hydrogen-bond donors (Lipinski definition) is 1. The van der Waals surface area contributed by atoms with Crippen molar-refractivity contribution in [2.24, 2.45) is 5.92 Å². The lowest BCUT2D eigenvalue weighted by Gasteiger charge is -2.29. The van der Waals surface area contributed by atoms with E-state index in [0.29, 0.717) is 11.3 Å². The largest absolute Gasteiger partial charge is 0.480 e. The summed E-state index contributed by atoms with van der Waals surface area (Å²) in [6.45, 7) is 5.50. The summed E-state index contributed by atoms with van der Waals surface area (Å²) < 4.78 is 13.6. The smallest absolute Gasteiger partial charge is 0.327 e. The third-order valence-electron chi connectivity index (χ3n) is 3.54. The maximum atomic E-state index is 13.6. The van der Waals surface area contributed by atoms with Gasteiger partial charge in [-0.3, -0.25) is 4.79 Å². The molecule has 2 unspecified atom stereocenters. The van der Waals surface area contributed by atoms with Crippen LogP contribution in [0.2, 0.25) is 0 Å². The molecule has 2 atom stereocenters. The van der Waals surface area contributed by atoms with Crippen LogP contribution in [0, 0.1) is 18.7 Å². The molecule has 1 aromatic rings. The second-order valence-corrected chi connectivity index (χ2v) is 6.65. The van der Waals surface area contributed by atoms with Crippen molar-refractivity contribution < 1.29 is 19.1 Å². The Labute approximate surface area is 127 Å². The molecule has 0 aromatic heterocycles. The van der Waals surface area contributed by atoms with Crippen molar-refractivity contribution >= 4 is 23.6 Å². The first-order valence-corrected chi connectivity index (χ1v) is 7.81. The van der Waals surface area contributed by atoms with Crippen LogP contribution in [0.4, 0.5) is 4.39 Å². The van der Waals surface area contributed by atoms with Gasteiger partial charge in [0, 0.05) is 11.3 Å². The molecular formula is C15H18FNO3S. The highest BCUT2D eigenvalue weighted by molar-refractivity contribution is 8.00. The lowest BCUT2D eigenvalue weighted by molar-refractivity contribution is -0.141. The van der Waals surface area contributed by atoms with Gasteiger partial charge in [0.1, 0.15) is 11.9 Å². The summed E-state index contributed by atoms with van der Waals surface area (Å²) >= 11 is 1.46. The van der Waals surface area contributed by atoms with Crippen LogP contribution < -0.4 is 0 Å². The zero-order chi connectivity index (χ0) is 15.7. The Morgan fingerprint density at radius 2 is 2.10 bits per heavy atom. The van der Waals surface area contributed by atoms with E-state index in [2.05, 4.69) is 0 Å². The molecule has 1 aliphatic rings. The minimum absolute atomic E-state index is 0.124. The van der Waals surface area contributed by atoms with E-state index in [9.17, 15) is 19.1 Å². The van der Waals surface area contributed by atoms with Gasteiger partial charge < -0.3 is 10.0 Å². The SMILES string of the molecule is Cc1ccc(C(=O)N2C(C(=O)O)CSC2C(C)C)cc1F. The Kier molecular flexibility index (Phi) is 4.56. The highest BCUT2D eigenvalue weighted by Gasteiger charge is 2.43. The first kappa shape index (κ1) is 15.8. The highest BCUT2D eigenvalue weighted by Crippen LogP contribution is 2.35. The Morgan fingerprint density at radius 1 is 1.43 bits per heavy atom. The average molecular weight is 311 g/mol. The van der Waals surface area contributed by atoms with Crippen LogP contribution >= 0.6 is 11.8 Å². The van der Waals surface area contributed by atoms with E-state index in [4.69, 9.17) is 0 Å². The van der Waals surface area contributed by atoms with Gasteiger partial charge in [-0.05, 0) is 30.5 Å². The van der Waals surface area contributed by atoms with Gasteiger partial charge >= 0.3 is 5.97 Å². The molecule has 0 spiro atoms. The Bertz CT molecular complexity index is 576. The topological polar surface area (TPSA) is 57.6 Å². The molecule has 1 N–H and O–H groups in total. The lowest BCUT2D eigenvalue weighted by Crippen LogP contribution is -2.47. The molecule has 0 bridgehead atoms. The summed E-state index contributed by atoms with van der Waals surface area (Å²) in [4.78, 5) is 25.4. The molecule has 1 aliphatic heterocycles. The van der Waals surface area contributed by atoms with Crippen molar-refractivity contribution in [2.75, 3.05) is 5.75 Å². The Hall–Kier alpha value is -1.56. The van der Waals surface area contributed by atoms with E-state index in [1.807, 2.05) is 13.8 Å². The Balaban J connectivity index is 2.36. The number of amides is 1. The fourth-order valence-corrected chi connectivity index (χ4v) is 3.83. The number of carboxylic acid groups (broad SMARTS) is 1. The van der Waals surface area contributed by atoms with Gasteiger partial charge in [0.15, 0.2) is 0 Å². The van der Waals surface area contributed by atoms with Crippen LogP contribution in [0.1, 0.15) is 29.8 Å². The van der Waals surface area contributed by atoms with E-state index < -0.39 is 23.7 Å². The maximum Gasteiger partial charge on any atom is 0.327 e. The minimum Gasteiger partial charge on any atom is -0.480 e. The van der Waals surface area contributed by atoms with Gasteiger partial charge in [-0.2, -0.15) is 0 Å². The zero-order valence-electron chi connectivity index (χ0n) is 12.2. The van der Waals surface area contributed by atoms with Crippen LogP contribution in [-0.2, 0) is 4.79 Å². The number of hydrogen-bond acceptors (Lipinski definition) is 3. The van der Waals surface area contributed by atoms with Crippen molar-refractivity contribution in [3.8, 4) is 0 Å². The van der Waals surface area contributed by atoms with Crippen LogP contribution in [0.25, 0.3) is 0 Å². The number of aliphatic carboxylic acids is 1. The van der Waals surface area contributed by atoms with Crippen LogP contribution in [0.5, 0.6) is 0 Å². The van der Waals surface area contributed by atoms with Gasteiger partial charge in [-0.25, -0.2) is 9.18 Å². The molecule has 6 heteroatoms. The summed E-state index contributed by atoms with van der Waals surface area (Å²) in [6.07, 6.45) is 0. The Morgan fingerprint density at radius 3 is 2.62 bits per heavy atom. The summed E-state index contributed by atoms with van der Waals surface area (Å²) in [5.41, 5.74) is 0.648. The molecule has 114 valence electrons. The first-order valence-electron chi connectivity index (χ1n) is 6.76.